The van der Waals surface area contributed by atoms with Gasteiger partial charge in [-0.15, -0.1) is 0 Å². The Morgan fingerprint density at radius 2 is 2.05 bits per heavy atom. The van der Waals surface area contributed by atoms with Crippen molar-refractivity contribution in [3.63, 3.8) is 0 Å². The van der Waals surface area contributed by atoms with Crippen LogP contribution in [0.4, 0.5) is 10.1 Å². The number of rotatable bonds is 5. The van der Waals surface area contributed by atoms with Crippen LogP contribution in [0.5, 0.6) is 0 Å². The van der Waals surface area contributed by atoms with E-state index in [1.54, 1.807) is 6.07 Å². The Hall–Kier alpha value is -1.18. The lowest BCUT2D eigenvalue weighted by molar-refractivity contribution is 0.217. The van der Waals surface area contributed by atoms with E-state index >= 15 is 0 Å². The van der Waals surface area contributed by atoms with E-state index < -0.39 is 15.7 Å². The molecule has 0 spiro atoms. The molecule has 112 valence electrons. The molecule has 0 bridgehead atoms. The van der Waals surface area contributed by atoms with Crippen LogP contribution in [-0.2, 0) is 14.6 Å². The van der Waals surface area contributed by atoms with E-state index in [1.165, 1.54) is 13.2 Å². The minimum atomic E-state index is -3.49. The van der Waals surface area contributed by atoms with Gasteiger partial charge in [-0.05, 0) is 18.2 Å². The van der Waals surface area contributed by atoms with Crippen LogP contribution in [0.2, 0.25) is 0 Å². The van der Waals surface area contributed by atoms with Crippen molar-refractivity contribution in [2.45, 2.75) is 4.90 Å². The highest BCUT2D eigenvalue weighted by Gasteiger charge is 2.19. The highest BCUT2D eigenvalue weighted by Crippen LogP contribution is 2.23. The Labute approximate surface area is 118 Å². The quantitative estimate of drug-likeness (QED) is 0.866. The van der Waals surface area contributed by atoms with Crippen molar-refractivity contribution in [3.8, 4) is 0 Å². The van der Waals surface area contributed by atoms with Gasteiger partial charge in [-0.2, -0.15) is 0 Å². The van der Waals surface area contributed by atoms with Crippen LogP contribution in [0.1, 0.15) is 0 Å². The molecule has 0 aromatic heterocycles. The lowest BCUT2D eigenvalue weighted by atomic mass is 10.2. The molecule has 1 aliphatic rings. The fraction of sp³-hybridized carbons (Fsp3) is 0.538. The topological polar surface area (TPSA) is 58.6 Å². The van der Waals surface area contributed by atoms with E-state index in [0.29, 0.717) is 18.8 Å². The molecule has 20 heavy (non-hydrogen) atoms. The molecule has 0 radical (unpaired) electrons. The number of ether oxygens (including phenoxy) is 1. The first-order chi connectivity index (χ1) is 9.54. The number of anilines is 1. The first kappa shape index (κ1) is 15.2. The maximum atomic E-state index is 14.1. The molecule has 1 aromatic rings. The van der Waals surface area contributed by atoms with Crippen molar-refractivity contribution in [3.05, 3.63) is 24.0 Å². The SMILES string of the molecule is COCCS(=O)(=O)c1ccc(N2CCNCC2)c(F)c1. The predicted octanol–water partition coefficient (Wildman–Crippen LogP) is 0.655. The van der Waals surface area contributed by atoms with Crippen LogP contribution in [0.25, 0.3) is 0 Å². The molecule has 1 heterocycles. The van der Waals surface area contributed by atoms with Crippen molar-refractivity contribution in [2.24, 2.45) is 0 Å². The molecule has 0 atom stereocenters. The summed E-state index contributed by atoms with van der Waals surface area (Å²) in [5.74, 6) is -0.638. The zero-order valence-electron chi connectivity index (χ0n) is 11.4. The molecule has 1 aliphatic heterocycles. The number of nitrogens with one attached hydrogen (secondary N) is 1. The van der Waals surface area contributed by atoms with E-state index in [-0.39, 0.29) is 17.3 Å². The van der Waals surface area contributed by atoms with Gasteiger partial charge in [0.25, 0.3) is 0 Å². The smallest absolute Gasteiger partial charge is 0.180 e. The minimum absolute atomic E-state index is 0.00549. The van der Waals surface area contributed by atoms with Crippen molar-refractivity contribution >= 4 is 15.5 Å². The van der Waals surface area contributed by atoms with Gasteiger partial charge in [-0.3, -0.25) is 0 Å². The molecule has 1 N–H and O–H groups in total. The van der Waals surface area contributed by atoms with E-state index in [9.17, 15) is 12.8 Å². The maximum absolute atomic E-state index is 14.1. The number of methoxy groups -OCH3 is 1. The molecule has 1 fully saturated rings. The fourth-order valence-electron chi connectivity index (χ4n) is 2.15. The van der Waals surface area contributed by atoms with Gasteiger partial charge in [-0.25, -0.2) is 12.8 Å². The molecule has 1 aromatic carbocycles. The van der Waals surface area contributed by atoms with Crippen LogP contribution >= 0.6 is 0 Å². The highest BCUT2D eigenvalue weighted by molar-refractivity contribution is 7.91. The van der Waals surface area contributed by atoms with E-state index in [2.05, 4.69) is 5.32 Å². The average Bonchev–Trinajstić information content (AvgIpc) is 2.46. The summed E-state index contributed by atoms with van der Waals surface area (Å²) in [6, 6.07) is 4.11. The summed E-state index contributed by atoms with van der Waals surface area (Å²) in [5, 5.41) is 3.19. The minimum Gasteiger partial charge on any atom is -0.384 e. The lowest BCUT2D eigenvalue weighted by Gasteiger charge is -2.29. The highest BCUT2D eigenvalue weighted by atomic mass is 32.2. The first-order valence-electron chi connectivity index (χ1n) is 6.51. The molecular formula is C13H19FN2O3S. The molecule has 7 heteroatoms. The molecule has 0 aliphatic carbocycles. The molecule has 2 rings (SSSR count). The number of benzene rings is 1. The summed E-state index contributed by atoms with van der Waals surface area (Å²) in [5.41, 5.74) is 0.456. The third-order valence-electron chi connectivity index (χ3n) is 3.29. The van der Waals surface area contributed by atoms with Gasteiger partial charge in [0.15, 0.2) is 9.84 Å². The molecule has 5 nitrogen and oxygen atoms in total. The summed E-state index contributed by atoms with van der Waals surface area (Å²) in [4.78, 5) is 1.92. The zero-order valence-corrected chi connectivity index (χ0v) is 12.2. The normalized spacial score (nSPS) is 16.4. The first-order valence-corrected chi connectivity index (χ1v) is 8.17. The van der Waals surface area contributed by atoms with Gasteiger partial charge >= 0.3 is 0 Å². The van der Waals surface area contributed by atoms with Gasteiger partial charge < -0.3 is 15.0 Å². The lowest BCUT2D eigenvalue weighted by Crippen LogP contribution is -2.43. The number of piperazine rings is 1. The summed E-state index contributed by atoms with van der Waals surface area (Å²) in [6.07, 6.45) is 0. The predicted molar refractivity (Wildman–Crippen MR) is 75.4 cm³/mol. The fourth-order valence-corrected chi connectivity index (χ4v) is 3.33. The number of hydrogen-bond donors (Lipinski definition) is 1. The Morgan fingerprint density at radius 3 is 2.65 bits per heavy atom. The van der Waals surface area contributed by atoms with Crippen molar-refractivity contribution in [1.82, 2.24) is 5.32 Å². The standard InChI is InChI=1S/C13H19FN2O3S/c1-19-8-9-20(17,18)11-2-3-13(12(14)10-11)16-6-4-15-5-7-16/h2-3,10,15H,4-9H2,1H3. The Bertz CT molecular complexity index is 557. The van der Waals surface area contributed by atoms with E-state index in [4.69, 9.17) is 4.74 Å². The van der Waals surface area contributed by atoms with Gasteiger partial charge in [0.05, 0.1) is 22.9 Å². The molecule has 0 saturated carbocycles. The van der Waals surface area contributed by atoms with Crippen molar-refractivity contribution < 1.29 is 17.5 Å². The summed E-state index contributed by atoms with van der Waals surface area (Å²) >= 11 is 0. The van der Waals surface area contributed by atoms with Crippen molar-refractivity contribution in [2.75, 3.05) is 50.5 Å². The van der Waals surface area contributed by atoms with Crippen LogP contribution in [-0.4, -0.2) is 54.1 Å². The second kappa shape index (κ2) is 6.51. The largest absolute Gasteiger partial charge is 0.384 e. The molecule has 1 saturated heterocycles. The molecular weight excluding hydrogens is 283 g/mol. The number of hydrogen-bond acceptors (Lipinski definition) is 5. The van der Waals surface area contributed by atoms with Gasteiger partial charge in [0.1, 0.15) is 5.82 Å². The van der Waals surface area contributed by atoms with E-state index in [0.717, 1.165) is 19.2 Å². The second-order valence-corrected chi connectivity index (χ2v) is 6.77. The molecule has 0 unspecified atom stereocenters. The Balaban J connectivity index is 2.21. The third-order valence-corrected chi connectivity index (χ3v) is 4.97. The number of halogens is 1. The third kappa shape index (κ3) is 3.47. The van der Waals surface area contributed by atoms with Crippen LogP contribution in [0.3, 0.4) is 0 Å². The summed E-state index contributed by atoms with van der Waals surface area (Å²) in [7, 11) is -2.05. The van der Waals surface area contributed by atoms with E-state index in [1.807, 2.05) is 4.90 Å². The summed E-state index contributed by atoms with van der Waals surface area (Å²) in [6.45, 7) is 3.13. The number of nitrogens with zero attached hydrogens (tertiary/aromatic N) is 1. The Kier molecular flexibility index (Phi) is 4.95. The van der Waals surface area contributed by atoms with Crippen LogP contribution in [0.15, 0.2) is 23.1 Å². The summed E-state index contributed by atoms with van der Waals surface area (Å²) < 4.78 is 42.8. The number of sulfone groups is 1. The second-order valence-electron chi connectivity index (χ2n) is 4.66. The van der Waals surface area contributed by atoms with Gasteiger partial charge in [0.2, 0.25) is 0 Å². The zero-order chi connectivity index (χ0) is 14.6. The van der Waals surface area contributed by atoms with Gasteiger partial charge in [-0.1, -0.05) is 0 Å². The monoisotopic (exact) mass is 302 g/mol. The van der Waals surface area contributed by atoms with Crippen LogP contribution < -0.4 is 10.2 Å². The molecule has 0 amide bonds. The van der Waals surface area contributed by atoms with Gasteiger partial charge in [0, 0.05) is 33.3 Å². The Morgan fingerprint density at radius 1 is 1.35 bits per heavy atom. The average molecular weight is 302 g/mol. The maximum Gasteiger partial charge on any atom is 0.180 e. The van der Waals surface area contributed by atoms with Crippen LogP contribution in [0, 0.1) is 5.82 Å². The van der Waals surface area contributed by atoms with Crippen molar-refractivity contribution in [1.29, 1.82) is 0 Å².